The molecule has 0 saturated carbocycles. The van der Waals surface area contributed by atoms with Crippen LogP contribution in [0.3, 0.4) is 0 Å². The maximum absolute atomic E-state index is 10.6. The van der Waals surface area contributed by atoms with Crippen LogP contribution in [0.5, 0.6) is 0 Å². The van der Waals surface area contributed by atoms with Crippen molar-refractivity contribution in [2.45, 2.75) is 0 Å². The minimum atomic E-state index is -0.401. The number of aromatic nitrogens is 2. The van der Waals surface area contributed by atoms with Gasteiger partial charge in [-0.05, 0) is 29.3 Å². The van der Waals surface area contributed by atoms with Crippen molar-refractivity contribution in [3.63, 3.8) is 0 Å². The summed E-state index contributed by atoms with van der Waals surface area (Å²) in [5, 5.41) is 18.5. The van der Waals surface area contributed by atoms with Gasteiger partial charge in [-0.1, -0.05) is 12.1 Å². The Bertz CT molecular complexity index is 716. The summed E-state index contributed by atoms with van der Waals surface area (Å²) >= 11 is 0. The van der Waals surface area contributed by atoms with Crippen LogP contribution in [0.15, 0.2) is 48.7 Å². The fourth-order valence-corrected chi connectivity index (χ4v) is 1.89. The Hall–Kier alpha value is -2.69. The minimum Gasteiger partial charge on any atom is -0.278 e. The molecule has 1 aromatic heterocycles. The van der Waals surface area contributed by atoms with Crippen molar-refractivity contribution < 1.29 is 4.92 Å². The monoisotopic (exact) mass is 239 g/mol. The number of aromatic amines is 1. The number of non-ortho nitro benzene ring substituents is 1. The standard InChI is InChI=1S/C13H9N3O2/c17-16(18)12-5-3-9(4-6-12)10-1-2-11-8-14-15-13(11)7-10/h1-8H,(H,14,15). The van der Waals surface area contributed by atoms with Gasteiger partial charge in [0.25, 0.3) is 5.69 Å². The quantitative estimate of drug-likeness (QED) is 0.551. The first-order valence-corrected chi connectivity index (χ1v) is 5.42. The number of nitrogens with zero attached hydrogens (tertiary/aromatic N) is 2. The average molecular weight is 239 g/mol. The predicted octanol–water partition coefficient (Wildman–Crippen LogP) is 3.14. The van der Waals surface area contributed by atoms with Crippen LogP contribution < -0.4 is 0 Å². The Balaban J connectivity index is 2.05. The highest BCUT2D eigenvalue weighted by atomic mass is 16.6. The van der Waals surface area contributed by atoms with Gasteiger partial charge in [-0.3, -0.25) is 15.2 Å². The van der Waals surface area contributed by atoms with E-state index in [2.05, 4.69) is 10.2 Å². The lowest BCUT2D eigenvalue weighted by molar-refractivity contribution is -0.384. The maximum Gasteiger partial charge on any atom is 0.269 e. The summed E-state index contributed by atoms with van der Waals surface area (Å²) in [6, 6.07) is 12.4. The Morgan fingerprint density at radius 3 is 2.50 bits per heavy atom. The lowest BCUT2D eigenvalue weighted by Gasteiger charge is -2.01. The molecule has 5 nitrogen and oxygen atoms in total. The molecule has 0 radical (unpaired) electrons. The Labute approximate surface area is 102 Å². The van der Waals surface area contributed by atoms with Gasteiger partial charge in [-0.2, -0.15) is 5.10 Å². The van der Waals surface area contributed by atoms with Gasteiger partial charge in [0.05, 0.1) is 16.6 Å². The number of hydrogen-bond acceptors (Lipinski definition) is 3. The molecule has 88 valence electrons. The summed E-state index contributed by atoms with van der Waals surface area (Å²) in [6.07, 6.45) is 1.76. The Morgan fingerprint density at radius 1 is 1.06 bits per heavy atom. The van der Waals surface area contributed by atoms with Crippen LogP contribution in [0.25, 0.3) is 22.0 Å². The summed E-state index contributed by atoms with van der Waals surface area (Å²) < 4.78 is 0. The van der Waals surface area contributed by atoms with E-state index in [1.807, 2.05) is 18.2 Å². The van der Waals surface area contributed by atoms with Crippen LogP contribution in [-0.4, -0.2) is 15.1 Å². The number of H-pyrrole nitrogens is 1. The Kier molecular flexibility index (Phi) is 2.30. The number of nitro benzene ring substituents is 1. The Morgan fingerprint density at radius 2 is 1.78 bits per heavy atom. The second-order valence-corrected chi connectivity index (χ2v) is 3.98. The van der Waals surface area contributed by atoms with Crippen LogP contribution >= 0.6 is 0 Å². The molecule has 18 heavy (non-hydrogen) atoms. The van der Waals surface area contributed by atoms with Gasteiger partial charge in [0, 0.05) is 17.5 Å². The third-order valence-electron chi connectivity index (χ3n) is 2.85. The lowest BCUT2D eigenvalue weighted by Crippen LogP contribution is -1.87. The summed E-state index contributed by atoms with van der Waals surface area (Å²) in [6.45, 7) is 0. The zero-order valence-electron chi connectivity index (χ0n) is 9.33. The van der Waals surface area contributed by atoms with Crippen molar-refractivity contribution in [2.75, 3.05) is 0 Å². The first-order valence-electron chi connectivity index (χ1n) is 5.42. The van der Waals surface area contributed by atoms with Crippen LogP contribution in [0, 0.1) is 10.1 Å². The molecular formula is C13H9N3O2. The molecule has 0 aliphatic heterocycles. The second kappa shape index (κ2) is 3.96. The van der Waals surface area contributed by atoms with E-state index in [1.165, 1.54) is 12.1 Å². The smallest absolute Gasteiger partial charge is 0.269 e. The molecular weight excluding hydrogens is 230 g/mol. The molecule has 1 heterocycles. The molecule has 0 fully saturated rings. The zero-order valence-corrected chi connectivity index (χ0v) is 9.33. The first-order chi connectivity index (χ1) is 8.74. The zero-order chi connectivity index (χ0) is 12.5. The maximum atomic E-state index is 10.6. The van der Waals surface area contributed by atoms with E-state index in [9.17, 15) is 10.1 Å². The van der Waals surface area contributed by atoms with Gasteiger partial charge in [0.2, 0.25) is 0 Å². The van der Waals surface area contributed by atoms with Gasteiger partial charge in [-0.25, -0.2) is 0 Å². The van der Waals surface area contributed by atoms with Gasteiger partial charge >= 0.3 is 0 Å². The van der Waals surface area contributed by atoms with Gasteiger partial charge in [0.15, 0.2) is 0 Å². The molecule has 3 rings (SSSR count). The van der Waals surface area contributed by atoms with Crippen molar-refractivity contribution in [1.29, 1.82) is 0 Å². The number of hydrogen-bond donors (Lipinski definition) is 1. The van der Waals surface area contributed by atoms with Crippen molar-refractivity contribution in [2.24, 2.45) is 0 Å². The van der Waals surface area contributed by atoms with Crippen molar-refractivity contribution in [3.05, 3.63) is 58.8 Å². The number of fused-ring (bicyclic) bond motifs is 1. The fraction of sp³-hybridized carbons (Fsp3) is 0. The van der Waals surface area contributed by atoms with E-state index >= 15 is 0 Å². The molecule has 0 unspecified atom stereocenters. The van der Waals surface area contributed by atoms with E-state index in [0.717, 1.165) is 22.0 Å². The molecule has 0 atom stereocenters. The van der Waals surface area contributed by atoms with E-state index in [-0.39, 0.29) is 5.69 Å². The number of rotatable bonds is 2. The third kappa shape index (κ3) is 1.71. The summed E-state index contributed by atoms with van der Waals surface area (Å²) in [5.41, 5.74) is 2.99. The van der Waals surface area contributed by atoms with Crippen molar-refractivity contribution in [3.8, 4) is 11.1 Å². The van der Waals surface area contributed by atoms with E-state index in [1.54, 1.807) is 18.3 Å². The normalized spacial score (nSPS) is 10.7. The summed E-state index contributed by atoms with van der Waals surface area (Å²) in [7, 11) is 0. The molecule has 3 aromatic rings. The van der Waals surface area contributed by atoms with Gasteiger partial charge in [0.1, 0.15) is 0 Å². The minimum absolute atomic E-state index is 0.0985. The van der Waals surface area contributed by atoms with Crippen molar-refractivity contribution >= 4 is 16.6 Å². The number of nitrogens with one attached hydrogen (secondary N) is 1. The molecule has 0 aliphatic rings. The largest absolute Gasteiger partial charge is 0.278 e. The lowest BCUT2D eigenvalue weighted by atomic mass is 10.0. The summed E-state index contributed by atoms with van der Waals surface area (Å²) in [5.74, 6) is 0. The number of nitro groups is 1. The van der Waals surface area contributed by atoms with Crippen LogP contribution in [0.2, 0.25) is 0 Å². The molecule has 0 aliphatic carbocycles. The highest BCUT2D eigenvalue weighted by Gasteiger charge is 2.05. The van der Waals surface area contributed by atoms with Crippen LogP contribution in [0.1, 0.15) is 0 Å². The molecule has 0 amide bonds. The van der Waals surface area contributed by atoms with Crippen LogP contribution in [0.4, 0.5) is 5.69 Å². The topological polar surface area (TPSA) is 71.8 Å². The first kappa shape index (κ1) is 10.5. The van der Waals surface area contributed by atoms with E-state index < -0.39 is 4.92 Å². The van der Waals surface area contributed by atoms with Gasteiger partial charge < -0.3 is 0 Å². The average Bonchev–Trinajstić information content (AvgIpc) is 2.86. The molecule has 0 saturated heterocycles. The van der Waals surface area contributed by atoms with Crippen LogP contribution in [-0.2, 0) is 0 Å². The van der Waals surface area contributed by atoms with E-state index in [0.29, 0.717) is 0 Å². The fourth-order valence-electron chi connectivity index (χ4n) is 1.89. The molecule has 5 heteroatoms. The molecule has 0 spiro atoms. The number of benzene rings is 2. The van der Waals surface area contributed by atoms with Crippen molar-refractivity contribution in [1.82, 2.24) is 10.2 Å². The molecule has 1 N–H and O–H groups in total. The molecule has 0 bridgehead atoms. The highest BCUT2D eigenvalue weighted by molar-refractivity contribution is 5.83. The van der Waals surface area contributed by atoms with Gasteiger partial charge in [-0.15, -0.1) is 0 Å². The second-order valence-electron chi connectivity index (χ2n) is 3.98. The SMILES string of the molecule is O=[N+]([O-])c1ccc(-c2ccc3cn[nH]c3c2)cc1. The summed E-state index contributed by atoms with van der Waals surface area (Å²) in [4.78, 5) is 10.2. The van der Waals surface area contributed by atoms with E-state index in [4.69, 9.17) is 0 Å². The molecule has 2 aromatic carbocycles. The highest BCUT2D eigenvalue weighted by Crippen LogP contribution is 2.25. The predicted molar refractivity (Wildman–Crippen MR) is 68.2 cm³/mol. The third-order valence-corrected chi connectivity index (χ3v) is 2.85.